The average molecular weight is 349 g/mol. The van der Waals surface area contributed by atoms with Gasteiger partial charge in [-0.25, -0.2) is 0 Å². The number of thiophene rings is 1. The standard InChI is InChI=1S/C10H7Br2NOS/c11-7-4-8(15-10(7)12)9(14)6-2-1-3-13-5-6/h1-5,9,14H. The summed E-state index contributed by atoms with van der Waals surface area (Å²) < 4.78 is 1.95. The third-order valence-corrected chi connectivity index (χ3v) is 5.24. The van der Waals surface area contributed by atoms with Crippen LogP contribution in [0.5, 0.6) is 0 Å². The molecule has 2 rings (SSSR count). The number of rotatable bonds is 2. The van der Waals surface area contributed by atoms with Crippen LogP contribution in [0.25, 0.3) is 0 Å². The highest BCUT2D eigenvalue weighted by Gasteiger charge is 2.14. The molecule has 2 aromatic rings. The molecule has 0 aliphatic heterocycles. The second-order valence-electron chi connectivity index (χ2n) is 2.96. The second kappa shape index (κ2) is 4.74. The van der Waals surface area contributed by atoms with Gasteiger partial charge in [-0.15, -0.1) is 11.3 Å². The Morgan fingerprint density at radius 3 is 2.73 bits per heavy atom. The van der Waals surface area contributed by atoms with Crippen LogP contribution in [0.1, 0.15) is 16.5 Å². The fourth-order valence-electron chi connectivity index (χ4n) is 1.20. The van der Waals surface area contributed by atoms with Crippen LogP contribution >= 0.6 is 43.2 Å². The van der Waals surface area contributed by atoms with Crippen LogP contribution in [-0.4, -0.2) is 10.1 Å². The Labute approximate surface area is 108 Å². The van der Waals surface area contributed by atoms with Gasteiger partial charge in [0.2, 0.25) is 0 Å². The van der Waals surface area contributed by atoms with E-state index in [1.54, 1.807) is 12.4 Å². The van der Waals surface area contributed by atoms with Crippen molar-refractivity contribution >= 4 is 43.2 Å². The highest BCUT2D eigenvalue weighted by Crippen LogP contribution is 2.37. The van der Waals surface area contributed by atoms with Crippen molar-refractivity contribution in [3.8, 4) is 0 Å². The van der Waals surface area contributed by atoms with E-state index in [1.807, 2.05) is 18.2 Å². The lowest BCUT2D eigenvalue weighted by Gasteiger charge is -2.06. The summed E-state index contributed by atoms with van der Waals surface area (Å²) in [4.78, 5) is 4.87. The van der Waals surface area contributed by atoms with Crippen molar-refractivity contribution in [3.63, 3.8) is 0 Å². The first-order valence-corrected chi connectivity index (χ1v) is 6.61. The molecule has 0 saturated heterocycles. The molecule has 0 fully saturated rings. The summed E-state index contributed by atoms with van der Waals surface area (Å²) in [6, 6.07) is 5.59. The number of nitrogens with zero attached hydrogens (tertiary/aromatic N) is 1. The maximum atomic E-state index is 10.1. The molecule has 0 radical (unpaired) electrons. The van der Waals surface area contributed by atoms with E-state index in [0.717, 1.165) is 18.7 Å². The third-order valence-electron chi connectivity index (χ3n) is 1.93. The SMILES string of the molecule is OC(c1cccnc1)c1cc(Br)c(Br)s1. The lowest BCUT2D eigenvalue weighted by Crippen LogP contribution is -1.96. The minimum atomic E-state index is -0.605. The van der Waals surface area contributed by atoms with Gasteiger partial charge in [-0.1, -0.05) is 6.07 Å². The molecule has 78 valence electrons. The third kappa shape index (κ3) is 2.47. The Morgan fingerprint density at radius 2 is 2.20 bits per heavy atom. The van der Waals surface area contributed by atoms with Gasteiger partial charge < -0.3 is 5.11 Å². The first-order chi connectivity index (χ1) is 7.18. The van der Waals surface area contributed by atoms with Crippen LogP contribution in [0.2, 0.25) is 0 Å². The normalized spacial score (nSPS) is 12.7. The molecule has 0 aliphatic carbocycles. The van der Waals surface area contributed by atoms with Gasteiger partial charge in [-0.3, -0.25) is 4.98 Å². The first kappa shape index (κ1) is 11.3. The first-order valence-electron chi connectivity index (χ1n) is 4.21. The zero-order valence-electron chi connectivity index (χ0n) is 7.52. The highest BCUT2D eigenvalue weighted by atomic mass is 79.9. The molecule has 15 heavy (non-hydrogen) atoms. The zero-order valence-corrected chi connectivity index (χ0v) is 11.5. The largest absolute Gasteiger partial charge is 0.383 e. The predicted molar refractivity (Wildman–Crippen MR) is 68.0 cm³/mol. The summed E-state index contributed by atoms with van der Waals surface area (Å²) in [5.74, 6) is 0. The summed E-state index contributed by atoms with van der Waals surface area (Å²) in [6.45, 7) is 0. The van der Waals surface area contributed by atoms with Gasteiger partial charge in [0.1, 0.15) is 6.10 Å². The van der Waals surface area contributed by atoms with Crippen molar-refractivity contribution in [1.29, 1.82) is 0 Å². The lowest BCUT2D eigenvalue weighted by atomic mass is 10.1. The number of hydrogen-bond donors (Lipinski definition) is 1. The topological polar surface area (TPSA) is 33.1 Å². The van der Waals surface area contributed by atoms with Crippen molar-refractivity contribution in [1.82, 2.24) is 4.98 Å². The molecular weight excluding hydrogens is 342 g/mol. The molecule has 2 aromatic heterocycles. The summed E-state index contributed by atoms with van der Waals surface area (Å²) in [6.07, 6.45) is 2.76. The molecule has 5 heteroatoms. The molecule has 0 aromatic carbocycles. The molecule has 0 saturated carbocycles. The molecule has 2 heterocycles. The van der Waals surface area contributed by atoms with Crippen LogP contribution in [0, 0.1) is 0 Å². The number of aliphatic hydroxyl groups excluding tert-OH is 1. The van der Waals surface area contributed by atoms with Gasteiger partial charge in [-0.2, -0.15) is 0 Å². The van der Waals surface area contributed by atoms with Gasteiger partial charge >= 0.3 is 0 Å². The fraction of sp³-hybridized carbons (Fsp3) is 0.100. The number of hydrogen-bond acceptors (Lipinski definition) is 3. The predicted octanol–water partition coefficient (Wildman–Crippen LogP) is 3.75. The van der Waals surface area contributed by atoms with Crippen LogP contribution in [0.4, 0.5) is 0 Å². The Balaban J connectivity index is 2.32. The van der Waals surface area contributed by atoms with E-state index in [0.29, 0.717) is 0 Å². The van der Waals surface area contributed by atoms with E-state index in [-0.39, 0.29) is 0 Å². The Bertz CT molecular complexity index is 438. The maximum absolute atomic E-state index is 10.1. The molecular formula is C10H7Br2NOS. The second-order valence-corrected chi connectivity index (χ2v) is 6.22. The summed E-state index contributed by atoms with van der Waals surface area (Å²) in [7, 11) is 0. The van der Waals surface area contributed by atoms with Crippen LogP contribution in [0.15, 0.2) is 38.9 Å². The van der Waals surface area contributed by atoms with Gasteiger partial charge in [0, 0.05) is 27.3 Å². The molecule has 1 atom stereocenters. The highest BCUT2D eigenvalue weighted by molar-refractivity contribution is 9.13. The van der Waals surface area contributed by atoms with Crippen molar-refractivity contribution in [2.24, 2.45) is 0 Å². The summed E-state index contributed by atoms with van der Waals surface area (Å²) in [5, 5.41) is 10.1. The lowest BCUT2D eigenvalue weighted by molar-refractivity contribution is 0.223. The fourth-order valence-corrected chi connectivity index (χ4v) is 3.30. The Morgan fingerprint density at radius 1 is 1.40 bits per heavy atom. The van der Waals surface area contributed by atoms with E-state index in [9.17, 15) is 5.11 Å². The molecule has 0 amide bonds. The van der Waals surface area contributed by atoms with Crippen LogP contribution in [0.3, 0.4) is 0 Å². The van der Waals surface area contributed by atoms with Crippen molar-refractivity contribution in [3.05, 3.63) is 49.3 Å². The smallest absolute Gasteiger partial charge is 0.115 e. The van der Waals surface area contributed by atoms with E-state index in [2.05, 4.69) is 36.8 Å². The molecule has 0 spiro atoms. The number of pyridine rings is 1. The van der Waals surface area contributed by atoms with Gasteiger partial charge in [0.25, 0.3) is 0 Å². The molecule has 0 aliphatic rings. The zero-order chi connectivity index (χ0) is 10.8. The van der Waals surface area contributed by atoms with Crippen LogP contribution < -0.4 is 0 Å². The Hall–Kier alpha value is -0.230. The number of aromatic nitrogens is 1. The molecule has 1 unspecified atom stereocenters. The number of halogens is 2. The number of aliphatic hydroxyl groups is 1. The average Bonchev–Trinajstić information content (AvgIpc) is 2.59. The minimum absolute atomic E-state index is 0.605. The minimum Gasteiger partial charge on any atom is -0.383 e. The van der Waals surface area contributed by atoms with E-state index in [4.69, 9.17) is 0 Å². The Kier molecular flexibility index (Phi) is 3.56. The van der Waals surface area contributed by atoms with E-state index >= 15 is 0 Å². The van der Waals surface area contributed by atoms with Crippen molar-refractivity contribution < 1.29 is 5.11 Å². The molecule has 1 N–H and O–H groups in total. The van der Waals surface area contributed by atoms with Crippen LogP contribution in [-0.2, 0) is 0 Å². The van der Waals surface area contributed by atoms with E-state index in [1.165, 1.54) is 11.3 Å². The summed E-state index contributed by atoms with van der Waals surface area (Å²) >= 11 is 8.30. The monoisotopic (exact) mass is 347 g/mol. The van der Waals surface area contributed by atoms with Gasteiger partial charge in [-0.05, 0) is 44.0 Å². The van der Waals surface area contributed by atoms with Gasteiger partial charge in [0.05, 0.1) is 3.79 Å². The van der Waals surface area contributed by atoms with E-state index < -0.39 is 6.10 Å². The maximum Gasteiger partial charge on any atom is 0.115 e. The molecule has 0 bridgehead atoms. The van der Waals surface area contributed by atoms with Crippen molar-refractivity contribution in [2.75, 3.05) is 0 Å². The summed E-state index contributed by atoms with van der Waals surface area (Å²) in [5.41, 5.74) is 0.804. The van der Waals surface area contributed by atoms with Gasteiger partial charge in [0.15, 0.2) is 0 Å². The molecule has 2 nitrogen and oxygen atoms in total. The quantitative estimate of drug-likeness (QED) is 0.896. The van der Waals surface area contributed by atoms with Crippen molar-refractivity contribution in [2.45, 2.75) is 6.10 Å².